The Morgan fingerprint density at radius 3 is 2.74 bits per heavy atom. The van der Waals surface area contributed by atoms with E-state index in [0.717, 1.165) is 6.26 Å². The molecule has 0 heterocycles. The van der Waals surface area contributed by atoms with E-state index in [0.29, 0.717) is 25.4 Å². The third-order valence-electron chi connectivity index (χ3n) is 2.26. The Morgan fingerprint density at radius 2 is 2.11 bits per heavy atom. The molecule has 0 aliphatic carbocycles. The molecule has 0 bridgehead atoms. The second-order valence-corrected chi connectivity index (χ2v) is 5.89. The predicted octanol–water partition coefficient (Wildman–Crippen LogP) is 1.25. The maximum atomic E-state index is 11.5. The van der Waals surface area contributed by atoms with Crippen LogP contribution in [-0.4, -0.2) is 40.5 Å². The van der Waals surface area contributed by atoms with Crippen LogP contribution in [0.1, 0.15) is 6.92 Å². The molecule has 1 rings (SSSR count). The van der Waals surface area contributed by atoms with Crippen molar-refractivity contribution in [3.63, 3.8) is 0 Å². The van der Waals surface area contributed by atoms with Crippen LogP contribution in [0.4, 0.5) is 10.5 Å². The van der Waals surface area contributed by atoms with Crippen LogP contribution >= 0.6 is 0 Å². The van der Waals surface area contributed by atoms with E-state index >= 15 is 0 Å². The Labute approximate surface area is 113 Å². The summed E-state index contributed by atoms with van der Waals surface area (Å²) in [6.07, 6.45) is 1.12. The molecule has 2 amide bonds. The molecule has 0 saturated carbocycles. The first-order valence-electron chi connectivity index (χ1n) is 5.86. The lowest BCUT2D eigenvalue weighted by Gasteiger charge is -2.08. The van der Waals surface area contributed by atoms with Crippen LogP contribution in [0.25, 0.3) is 0 Å². The van der Waals surface area contributed by atoms with Crippen molar-refractivity contribution in [3.05, 3.63) is 24.3 Å². The highest BCUT2D eigenvalue weighted by molar-refractivity contribution is 7.90. The maximum Gasteiger partial charge on any atom is 0.319 e. The minimum Gasteiger partial charge on any atom is -0.380 e. The van der Waals surface area contributed by atoms with E-state index in [9.17, 15) is 13.2 Å². The van der Waals surface area contributed by atoms with Crippen LogP contribution < -0.4 is 10.6 Å². The third kappa shape index (κ3) is 5.71. The predicted molar refractivity (Wildman–Crippen MR) is 73.1 cm³/mol. The topological polar surface area (TPSA) is 84.5 Å². The number of nitrogens with one attached hydrogen (secondary N) is 2. The van der Waals surface area contributed by atoms with E-state index in [1.165, 1.54) is 12.1 Å². The van der Waals surface area contributed by atoms with Crippen molar-refractivity contribution in [2.75, 3.05) is 31.3 Å². The number of carbonyl (C=O) groups excluding carboxylic acids is 1. The van der Waals surface area contributed by atoms with Gasteiger partial charge in [-0.2, -0.15) is 0 Å². The van der Waals surface area contributed by atoms with Crippen LogP contribution in [-0.2, 0) is 14.6 Å². The molecule has 19 heavy (non-hydrogen) atoms. The van der Waals surface area contributed by atoms with E-state index in [4.69, 9.17) is 4.74 Å². The summed E-state index contributed by atoms with van der Waals surface area (Å²) >= 11 is 0. The molecule has 0 unspecified atom stereocenters. The average molecular weight is 286 g/mol. The molecule has 0 aromatic heterocycles. The molecule has 2 N–H and O–H groups in total. The Bertz CT molecular complexity index is 528. The van der Waals surface area contributed by atoms with Crippen molar-refractivity contribution in [3.8, 4) is 0 Å². The van der Waals surface area contributed by atoms with Crippen molar-refractivity contribution in [1.29, 1.82) is 0 Å². The van der Waals surface area contributed by atoms with Gasteiger partial charge in [-0.1, -0.05) is 6.07 Å². The number of amides is 2. The Hall–Kier alpha value is -1.60. The fourth-order valence-electron chi connectivity index (χ4n) is 1.36. The van der Waals surface area contributed by atoms with Gasteiger partial charge in [-0.05, 0) is 25.1 Å². The summed E-state index contributed by atoms with van der Waals surface area (Å²) in [6, 6.07) is 5.69. The minimum absolute atomic E-state index is 0.166. The van der Waals surface area contributed by atoms with Crippen LogP contribution in [0.15, 0.2) is 29.2 Å². The highest BCUT2D eigenvalue weighted by atomic mass is 32.2. The molecule has 7 heteroatoms. The second-order valence-electron chi connectivity index (χ2n) is 3.88. The number of hydrogen-bond acceptors (Lipinski definition) is 4. The Balaban J connectivity index is 2.55. The zero-order chi connectivity index (χ0) is 14.3. The van der Waals surface area contributed by atoms with Gasteiger partial charge in [-0.3, -0.25) is 0 Å². The molecule has 0 spiro atoms. The quantitative estimate of drug-likeness (QED) is 0.771. The van der Waals surface area contributed by atoms with Gasteiger partial charge in [0.1, 0.15) is 0 Å². The van der Waals surface area contributed by atoms with Crippen molar-refractivity contribution in [1.82, 2.24) is 5.32 Å². The zero-order valence-corrected chi connectivity index (χ0v) is 11.8. The third-order valence-corrected chi connectivity index (χ3v) is 3.37. The standard InChI is InChI=1S/C12H18N2O4S/c1-3-18-8-7-13-12(15)14-10-5-4-6-11(9-10)19(2,16)17/h4-6,9H,3,7-8H2,1-2H3,(H2,13,14,15). The number of hydrogen-bond donors (Lipinski definition) is 2. The van der Waals surface area contributed by atoms with Crippen molar-refractivity contribution >= 4 is 21.6 Å². The molecule has 0 fully saturated rings. The smallest absolute Gasteiger partial charge is 0.319 e. The molecule has 1 aromatic rings. The lowest BCUT2D eigenvalue weighted by molar-refractivity contribution is 0.150. The van der Waals surface area contributed by atoms with Gasteiger partial charge in [0, 0.05) is 25.1 Å². The molecule has 6 nitrogen and oxygen atoms in total. The molecular formula is C12H18N2O4S. The molecular weight excluding hydrogens is 268 g/mol. The van der Waals surface area contributed by atoms with Gasteiger partial charge < -0.3 is 15.4 Å². The maximum absolute atomic E-state index is 11.5. The summed E-state index contributed by atoms with van der Waals surface area (Å²) in [5.41, 5.74) is 0.428. The number of rotatable bonds is 6. The van der Waals surface area contributed by atoms with Gasteiger partial charge >= 0.3 is 6.03 Å². The van der Waals surface area contributed by atoms with Crippen LogP contribution in [0, 0.1) is 0 Å². The number of urea groups is 1. The summed E-state index contributed by atoms with van der Waals surface area (Å²) in [7, 11) is -3.28. The summed E-state index contributed by atoms with van der Waals surface area (Å²) < 4.78 is 27.8. The minimum atomic E-state index is -3.28. The molecule has 0 atom stereocenters. The van der Waals surface area contributed by atoms with Crippen molar-refractivity contribution in [2.45, 2.75) is 11.8 Å². The van der Waals surface area contributed by atoms with E-state index in [1.807, 2.05) is 6.92 Å². The lowest BCUT2D eigenvalue weighted by Crippen LogP contribution is -2.31. The van der Waals surface area contributed by atoms with E-state index < -0.39 is 15.9 Å². The molecule has 0 aliphatic rings. The van der Waals surface area contributed by atoms with Crippen LogP contribution in [0.5, 0.6) is 0 Å². The largest absolute Gasteiger partial charge is 0.380 e. The molecule has 1 aromatic carbocycles. The first kappa shape index (κ1) is 15.5. The van der Waals surface area contributed by atoms with Gasteiger partial charge in [-0.15, -0.1) is 0 Å². The van der Waals surface area contributed by atoms with Crippen LogP contribution in [0.3, 0.4) is 0 Å². The number of carbonyl (C=O) groups is 1. The fourth-order valence-corrected chi connectivity index (χ4v) is 2.03. The second kappa shape index (κ2) is 7.10. The molecule has 106 valence electrons. The highest BCUT2D eigenvalue weighted by Gasteiger charge is 2.08. The van der Waals surface area contributed by atoms with Gasteiger partial charge in [0.2, 0.25) is 0 Å². The summed E-state index contributed by atoms with van der Waals surface area (Å²) in [5.74, 6) is 0. The SMILES string of the molecule is CCOCCNC(=O)Nc1cccc(S(C)(=O)=O)c1. The van der Waals surface area contributed by atoms with Crippen molar-refractivity contribution in [2.24, 2.45) is 0 Å². The summed E-state index contributed by atoms with van der Waals surface area (Å²) in [6.45, 7) is 3.30. The number of sulfone groups is 1. The van der Waals surface area contributed by atoms with Gasteiger partial charge in [0.05, 0.1) is 11.5 Å². The molecule has 0 aliphatic heterocycles. The van der Waals surface area contributed by atoms with E-state index in [1.54, 1.807) is 12.1 Å². The van der Waals surface area contributed by atoms with Gasteiger partial charge in [0.25, 0.3) is 0 Å². The first-order chi connectivity index (χ1) is 8.93. The number of anilines is 1. The highest BCUT2D eigenvalue weighted by Crippen LogP contribution is 2.14. The first-order valence-corrected chi connectivity index (χ1v) is 7.75. The average Bonchev–Trinajstić information content (AvgIpc) is 2.34. The number of benzene rings is 1. The van der Waals surface area contributed by atoms with Gasteiger partial charge in [0.15, 0.2) is 9.84 Å². The van der Waals surface area contributed by atoms with Gasteiger partial charge in [-0.25, -0.2) is 13.2 Å². The van der Waals surface area contributed by atoms with Crippen molar-refractivity contribution < 1.29 is 17.9 Å². The molecule has 0 radical (unpaired) electrons. The summed E-state index contributed by atoms with van der Waals surface area (Å²) in [4.78, 5) is 11.7. The van der Waals surface area contributed by atoms with E-state index in [2.05, 4.69) is 10.6 Å². The fraction of sp³-hybridized carbons (Fsp3) is 0.417. The molecule has 0 saturated heterocycles. The lowest BCUT2D eigenvalue weighted by atomic mass is 10.3. The normalized spacial score (nSPS) is 11.1. The van der Waals surface area contributed by atoms with Crippen LogP contribution in [0.2, 0.25) is 0 Å². The number of ether oxygens (including phenoxy) is 1. The Kier molecular flexibility index (Phi) is 5.78. The zero-order valence-electron chi connectivity index (χ0n) is 11.0. The monoisotopic (exact) mass is 286 g/mol. The Morgan fingerprint density at radius 1 is 1.37 bits per heavy atom. The summed E-state index contributed by atoms with van der Waals surface area (Å²) in [5, 5.41) is 5.16. The van der Waals surface area contributed by atoms with E-state index in [-0.39, 0.29) is 4.90 Å².